The number of aryl methyl sites for hydroxylation is 3. The lowest BCUT2D eigenvalue weighted by Crippen LogP contribution is -2.02. The highest BCUT2D eigenvalue weighted by atomic mass is 32.1. The van der Waals surface area contributed by atoms with Crippen LogP contribution in [0.4, 0.5) is 0 Å². The molecule has 0 fully saturated rings. The summed E-state index contributed by atoms with van der Waals surface area (Å²) in [6, 6.07) is 4.58. The largest absolute Gasteiger partial charge is 0.331 e. The Morgan fingerprint density at radius 1 is 1.20 bits per heavy atom. The summed E-state index contributed by atoms with van der Waals surface area (Å²) in [5.41, 5.74) is 5.44. The molecule has 1 aliphatic carbocycles. The van der Waals surface area contributed by atoms with Gasteiger partial charge in [-0.05, 0) is 61.2 Å². The molecule has 0 radical (unpaired) electrons. The average molecular weight is 218 g/mol. The second-order valence-corrected chi connectivity index (χ2v) is 4.72. The fourth-order valence-electron chi connectivity index (χ4n) is 2.46. The Kier molecular flexibility index (Phi) is 1.96. The summed E-state index contributed by atoms with van der Waals surface area (Å²) in [6.45, 7) is 0. The van der Waals surface area contributed by atoms with Crippen LogP contribution in [0.25, 0.3) is 11.0 Å². The summed E-state index contributed by atoms with van der Waals surface area (Å²) in [5, 5.41) is 0. The monoisotopic (exact) mass is 218 g/mol. The molecule has 1 aliphatic rings. The van der Waals surface area contributed by atoms with Gasteiger partial charge in [0.1, 0.15) is 0 Å². The summed E-state index contributed by atoms with van der Waals surface area (Å²) in [6.07, 6.45) is 5.10. The minimum absolute atomic E-state index is 0.812. The van der Waals surface area contributed by atoms with Crippen molar-refractivity contribution in [1.29, 1.82) is 0 Å². The van der Waals surface area contributed by atoms with E-state index in [4.69, 9.17) is 12.2 Å². The van der Waals surface area contributed by atoms with Gasteiger partial charge in [0.15, 0.2) is 4.77 Å². The van der Waals surface area contributed by atoms with Gasteiger partial charge < -0.3 is 9.55 Å². The molecule has 1 aromatic carbocycles. The van der Waals surface area contributed by atoms with Crippen molar-refractivity contribution >= 4 is 23.3 Å². The van der Waals surface area contributed by atoms with Crippen LogP contribution in [0.5, 0.6) is 0 Å². The number of nitrogens with zero attached hydrogens (tertiary/aromatic N) is 1. The maximum atomic E-state index is 5.24. The number of fused-ring (bicyclic) bond motifs is 2. The summed E-state index contributed by atoms with van der Waals surface area (Å²) in [7, 11) is 2.02. The number of benzene rings is 1. The molecule has 0 aliphatic heterocycles. The zero-order valence-corrected chi connectivity index (χ0v) is 9.66. The third-order valence-corrected chi connectivity index (χ3v) is 3.74. The lowest BCUT2D eigenvalue weighted by molar-refractivity contribution is 0.686. The Bertz CT molecular complexity index is 577. The second-order valence-electron chi connectivity index (χ2n) is 4.33. The number of aromatic nitrogens is 2. The van der Waals surface area contributed by atoms with Crippen LogP contribution in [-0.2, 0) is 19.9 Å². The number of nitrogens with one attached hydrogen (secondary N) is 1. The van der Waals surface area contributed by atoms with Gasteiger partial charge in [0.2, 0.25) is 0 Å². The molecule has 15 heavy (non-hydrogen) atoms. The van der Waals surface area contributed by atoms with Crippen LogP contribution in [0.1, 0.15) is 24.0 Å². The second kappa shape index (κ2) is 3.20. The molecule has 1 heterocycles. The maximum Gasteiger partial charge on any atom is 0.177 e. The molecule has 2 aromatic rings. The van der Waals surface area contributed by atoms with E-state index in [0.29, 0.717) is 0 Å². The van der Waals surface area contributed by atoms with Gasteiger partial charge in [-0.2, -0.15) is 0 Å². The quantitative estimate of drug-likeness (QED) is 0.674. The first-order valence-electron chi connectivity index (χ1n) is 5.46. The highest BCUT2D eigenvalue weighted by Gasteiger charge is 2.11. The average Bonchev–Trinajstić information content (AvgIpc) is 2.52. The predicted octanol–water partition coefficient (Wildman–Crippen LogP) is 3.11. The van der Waals surface area contributed by atoms with Gasteiger partial charge in [-0.3, -0.25) is 0 Å². The summed E-state index contributed by atoms with van der Waals surface area (Å²) in [4.78, 5) is 3.25. The van der Waals surface area contributed by atoms with Crippen molar-refractivity contribution < 1.29 is 0 Å². The zero-order valence-electron chi connectivity index (χ0n) is 8.84. The predicted molar refractivity (Wildman–Crippen MR) is 64.7 cm³/mol. The third kappa shape index (κ3) is 1.34. The Morgan fingerprint density at radius 3 is 2.60 bits per heavy atom. The Balaban J connectivity index is 2.35. The molecule has 0 saturated carbocycles. The van der Waals surface area contributed by atoms with Gasteiger partial charge in [-0.15, -0.1) is 0 Å². The fourth-order valence-corrected chi connectivity index (χ4v) is 2.67. The van der Waals surface area contributed by atoms with E-state index < -0.39 is 0 Å². The normalized spacial score (nSPS) is 15.5. The highest BCUT2D eigenvalue weighted by Crippen LogP contribution is 2.25. The van der Waals surface area contributed by atoms with Crippen LogP contribution >= 0.6 is 12.2 Å². The van der Waals surface area contributed by atoms with E-state index in [-0.39, 0.29) is 0 Å². The van der Waals surface area contributed by atoms with Crippen LogP contribution in [0.2, 0.25) is 0 Å². The molecule has 0 spiro atoms. The van der Waals surface area contributed by atoms with Crippen molar-refractivity contribution in [3.8, 4) is 0 Å². The van der Waals surface area contributed by atoms with Crippen molar-refractivity contribution in [3.05, 3.63) is 28.0 Å². The molecular weight excluding hydrogens is 204 g/mol. The lowest BCUT2D eigenvalue weighted by atomic mass is 9.91. The summed E-state index contributed by atoms with van der Waals surface area (Å²) < 4.78 is 2.87. The van der Waals surface area contributed by atoms with Crippen LogP contribution in [0, 0.1) is 4.77 Å². The van der Waals surface area contributed by atoms with Crippen LogP contribution in [0.3, 0.4) is 0 Å². The van der Waals surface area contributed by atoms with Gasteiger partial charge >= 0.3 is 0 Å². The number of rotatable bonds is 0. The third-order valence-electron chi connectivity index (χ3n) is 3.37. The van der Waals surface area contributed by atoms with Gasteiger partial charge in [-0.1, -0.05) is 0 Å². The van der Waals surface area contributed by atoms with Crippen molar-refractivity contribution in [1.82, 2.24) is 9.55 Å². The van der Waals surface area contributed by atoms with E-state index in [1.807, 2.05) is 7.05 Å². The fraction of sp³-hybridized carbons (Fsp3) is 0.417. The molecule has 3 heteroatoms. The van der Waals surface area contributed by atoms with Crippen molar-refractivity contribution in [3.63, 3.8) is 0 Å². The molecule has 78 valence electrons. The van der Waals surface area contributed by atoms with Crippen molar-refractivity contribution in [2.24, 2.45) is 7.05 Å². The smallest absolute Gasteiger partial charge is 0.177 e. The molecule has 0 bridgehead atoms. The topological polar surface area (TPSA) is 20.7 Å². The number of hydrogen-bond acceptors (Lipinski definition) is 1. The van der Waals surface area contributed by atoms with E-state index in [2.05, 4.69) is 21.7 Å². The van der Waals surface area contributed by atoms with Crippen molar-refractivity contribution in [2.45, 2.75) is 25.7 Å². The molecule has 1 aromatic heterocycles. The van der Waals surface area contributed by atoms with Gasteiger partial charge in [0, 0.05) is 7.05 Å². The Hall–Kier alpha value is -1.09. The minimum Gasteiger partial charge on any atom is -0.331 e. The first-order valence-corrected chi connectivity index (χ1v) is 5.87. The summed E-state index contributed by atoms with van der Waals surface area (Å²) in [5.74, 6) is 0. The number of imidazole rings is 1. The molecule has 2 nitrogen and oxygen atoms in total. The highest BCUT2D eigenvalue weighted by molar-refractivity contribution is 7.71. The van der Waals surface area contributed by atoms with E-state index >= 15 is 0 Å². The first-order chi connectivity index (χ1) is 7.25. The number of H-pyrrole nitrogens is 1. The molecule has 0 amide bonds. The zero-order chi connectivity index (χ0) is 10.4. The van der Waals surface area contributed by atoms with Crippen LogP contribution in [-0.4, -0.2) is 9.55 Å². The van der Waals surface area contributed by atoms with E-state index in [1.165, 1.54) is 47.8 Å². The van der Waals surface area contributed by atoms with Crippen molar-refractivity contribution in [2.75, 3.05) is 0 Å². The Morgan fingerprint density at radius 2 is 1.87 bits per heavy atom. The van der Waals surface area contributed by atoms with E-state index in [9.17, 15) is 0 Å². The SMILES string of the molecule is Cn1c(=S)[nH]c2cc3c(cc21)CCCC3. The van der Waals surface area contributed by atoms with Crippen LogP contribution in [0.15, 0.2) is 12.1 Å². The standard InChI is InChI=1S/C12H14N2S/c1-14-11-7-9-5-3-2-4-8(9)6-10(11)13-12(14)15/h6-7H,2-5H2,1H3,(H,13,15). The molecule has 1 N–H and O–H groups in total. The van der Waals surface area contributed by atoms with Gasteiger partial charge in [0.25, 0.3) is 0 Å². The maximum absolute atomic E-state index is 5.24. The molecule has 0 saturated heterocycles. The minimum atomic E-state index is 0.812. The van der Waals surface area contributed by atoms with Crippen LogP contribution < -0.4 is 0 Å². The molecule has 0 atom stereocenters. The van der Waals surface area contributed by atoms with E-state index in [0.717, 1.165) is 4.77 Å². The molecule has 3 rings (SSSR count). The molecular formula is C12H14N2S. The summed E-state index contributed by atoms with van der Waals surface area (Å²) >= 11 is 5.24. The van der Waals surface area contributed by atoms with Gasteiger partial charge in [-0.25, -0.2) is 0 Å². The van der Waals surface area contributed by atoms with E-state index in [1.54, 1.807) is 0 Å². The lowest BCUT2D eigenvalue weighted by Gasteiger charge is -2.15. The Labute approximate surface area is 93.9 Å². The number of aromatic amines is 1. The first kappa shape index (κ1) is 9.16. The number of hydrogen-bond donors (Lipinski definition) is 1. The molecule has 0 unspecified atom stereocenters. The van der Waals surface area contributed by atoms with Gasteiger partial charge in [0.05, 0.1) is 11.0 Å².